The van der Waals surface area contributed by atoms with Gasteiger partial charge in [-0.15, -0.1) is 0 Å². The van der Waals surface area contributed by atoms with E-state index in [2.05, 4.69) is 57.4 Å². The highest BCUT2D eigenvalue weighted by Gasteiger charge is 2.13. The molecule has 0 saturated carbocycles. The first-order valence-electron chi connectivity index (χ1n) is 11.2. The number of hydrazone groups is 1. The molecule has 0 aliphatic rings. The predicted molar refractivity (Wildman–Crippen MR) is 146 cm³/mol. The van der Waals surface area contributed by atoms with Crippen molar-refractivity contribution in [2.24, 2.45) is 5.10 Å². The van der Waals surface area contributed by atoms with Crippen LogP contribution in [0.3, 0.4) is 0 Å². The lowest BCUT2D eigenvalue weighted by molar-refractivity contribution is -0.123. The number of hydrogen-bond acceptors (Lipinski definition) is 5. The van der Waals surface area contributed by atoms with Crippen LogP contribution in [0.25, 0.3) is 10.8 Å². The summed E-state index contributed by atoms with van der Waals surface area (Å²) in [6.45, 7) is 2.72. The number of para-hydroxylation sites is 1. The second kappa shape index (κ2) is 12.2. The number of fused-ring (bicyclic) bond motifs is 1. The minimum atomic E-state index is -0.347. The average molecular weight is 580 g/mol. The van der Waals surface area contributed by atoms with Crippen molar-refractivity contribution in [3.63, 3.8) is 0 Å². The van der Waals surface area contributed by atoms with Crippen LogP contribution in [0.5, 0.6) is 17.2 Å². The van der Waals surface area contributed by atoms with Crippen molar-refractivity contribution < 1.29 is 19.0 Å². The Morgan fingerprint density at radius 3 is 2.54 bits per heavy atom. The first kappa shape index (κ1) is 24.5. The van der Waals surface area contributed by atoms with Crippen LogP contribution >= 0.6 is 22.6 Å². The number of ether oxygens (including phenoxy) is 3. The summed E-state index contributed by atoms with van der Waals surface area (Å²) in [4.78, 5) is 12.0. The van der Waals surface area contributed by atoms with E-state index >= 15 is 0 Å². The summed E-state index contributed by atoms with van der Waals surface area (Å²) in [5, 5.41) is 6.39. The monoisotopic (exact) mass is 580 g/mol. The fraction of sp³-hybridized carbons (Fsp3) is 0.143. The standard InChI is InChI=1S/C28H25IN2O4/c1-2-33-26-16-20(17-30-31-27(32)19-34-23-12-4-3-5-13-23)15-25(29)28(26)35-18-22-11-8-10-21-9-6-7-14-24(21)22/h3-17H,2,18-19H2,1H3,(H,31,32)/b30-17-. The summed E-state index contributed by atoms with van der Waals surface area (Å²) < 4.78 is 18.4. The summed E-state index contributed by atoms with van der Waals surface area (Å²) in [7, 11) is 0. The van der Waals surface area contributed by atoms with E-state index in [0.29, 0.717) is 30.5 Å². The molecule has 0 bridgehead atoms. The molecule has 4 aromatic carbocycles. The van der Waals surface area contributed by atoms with Crippen molar-refractivity contribution in [2.75, 3.05) is 13.2 Å². The van der Waals surface area contributed by atoms with Gasteiger partial charge in [-0.3, -0.25) is 4.79 Å². The maximum absolute atomic E-state index is 12.0. The number of amides is 1. The van der Waals surface area contributed by atoms with E-state index in [0.717, 1.165) is 14.7 Å². The minimum Gasteiger partial charge on any atom is -0.490 e. The van der Waals surface area contributed by atoms with Crippen molar-refractivity contribution >= 4 is 45.5 Å². The number of nitrogens with one attached hydrogen (secondary N) is 1. The Morgan fingerprint density at radius 1 is 0.943 bits per heavy atom. The fourth-order valence-electron chi connectivity index (χ4n) is 3.51. The SMILES string of the molecule is CCOc1cc(/C=N\NC(=O)COc2ccccc2)cc(I)c1OCc1cccc2ccccc12. The Hall–Kier alpha value is -3.59. The first-order chi connectivity index (χ1) is 17.1. The number of carbonyl (C=O) groups is 1. The Balaban J connectivity index is 1.42. The van der Waals surface area contributed by atoms with Crippen LogP contribution in [0.4, 0.5) is 0 Å². The maximum Gasteiger partial charge on any atom is 0.277 e. The van der Waals surface area contributed by atoms with Crippen LogP contribution in [-0.4, -0.2) is 25.3 Å². The summed E-state index contributed by atoms with van der Waals surface area (Å²) in [5.41, 5.74) is 4.36. The van der Waals surface area contributed by atoms with Crippen LogP contribution < -0.4 is 19.6 Å². The lowest BCUT2D eigenvalue weighted by Gasteiger charge is -2.15. The van der Waals surface area contributed by atoms with Crippen LogP contribution in [0, 0.1) is 3.57 Å². The Labute approximate surface area is 218 Å². The topological polar surface area (TPSA) is 69.2 Å². The van der Waals surface area contributed by atoms with Crippen LogP contribution in [0.15, 0.2) is 90.0 Å². The predicted octanol–water partition coefficient (Wildman–Crippen LogP) is 5.95. The average Bonchev–Trinajstić information content (AvgIpc) is 2.88. The van der Waals surface area contributed by atoms with Crippen molar-refractivity contribution in [3.05, 3.63) is 99.6 Å². The van der Waals surface area contributed by atoms with Crippen molar-refractivity contribution in [1.82, 2.24) is 5.43 Å². The third-order valence-electron chi connectivity index (χ3n) is 5.10. The van der Waals surface area contributed by atoms with Gasteiger partial charge >= 0.3 is 0 Å². The molecule has 1 N–H and O–H groups in total. The van der Waals surface area contributed by atoms with Crippen LogP contribution in [0.2, 0.25) is 0 Å². The van der Waals surface area contributed by atoms with Crippen molar-refractivity contribution in [1.29, 1.82) is 0 Å². The molecule has 178 valence electrons. The highest BCUT2D eigenvalue weighted by atomic mass is 127. The lowest BCUT2D eigenvalue weighted by atomic mass is 10.1. The van der Waals surface area contributed by atoms with Crippen LogP contribution in [0.1, 0.15) is 18.1 Å². The van der Waals surface area contributed by atoms with E-state index in [9.17, 15) is 4.79 Å². The molecule has 0 atom stereocenters. The molecule has 0 saturated heterocycles. The van der Waals surface area contributed by atoms with Crippen molar-refractivity contribution in [3.8, 4) is 17.2 Å². The molecule has 0 heterocycles. The third kappa shape index (κ3) is 6.73. The zero-order chi connectivity index (χ0) is 24.5. The van der Waals surface area contributed by atoms with Gasteiger partial charge in [-0.1, -0.05) is 60.7 Å². The molecule has 0 fully saturated rings. The second-order valence-corrected chi connectivity index (χ2v) is 8.75. The second-order valence-electron chi connectivity index (χ2n) is 7.58. The summed E-state index contributed by atoms with van der Waals surface area (Å²) >= 11 is 2.22. The third-order valence-corrected chi connectivity index (χ3v) is 5.90. The molecule has 0 spiro atoms. The molecule has 0 unspecified atom stereocenters. The Kier molecular flexibility index (Phi) is 8.56. The molecule has 4 aromatic rings. The van der Waals surface area contributed by atoms with Gasteiger partial charge in [0.15, 0.2) is 18.1 Å². The molecule has 7 heteroatoms. The number of halogens is 1. The quantitative estimate of drug-likeness (QED) is 0.143. The van der Waals surface area contributed by atoms with E-state index < -0.39 is 0 Å². The molecule has 0 aromatic heterocycles. The van der Waals surface area contributed by atoms with Gasteiger partial charge in [-0.05, 0) is 75.7 Å². The zero-order valence-corrected chi connectivity index (χ0v) is 21.4. The number of hydrogen-bond donors (Lipinski definition) is 1. The zero-order valence-electron chi connectivity index (χ0n) is 19.2. The van der Waals surface area contributed by atoms with Gasteiger partial charge in [0.2, 0.25) is 0 Å². The largest absolute Gasteiger partial charge is 0.490 e. The van der Waals surface area contributed by atoms with Gasteiger partial charge in [-0.2, -0.15) is 5.10 Å². The Bertz CT molecular complexity index is 1320. The van der Waals surface area contributed by atoms with Gasteiger partial charge < -0.3 is 14.2 Å². The summed E-state index contributed by atoms with van der Waals surface area (Å²) in [6.07, 6.45) is 1.57. The molecular formula is C28H25IN2O4. The molecule has 1 amide bonds. The highest BCUT2D eigenvalue weighted by Crippen LogP contribution is 2.35. The van der Waals surface area contributed by atoms with Gasteiger partial charge in [-0.25, -0.2) is 5.43 Å². The van der Waals surface area contributed by atoms with Gasteiger partial charge in [0.25, 0.3) is 5.91 Å². The number of nitrogens with zero attached hydrogens (tertiary/aromatic N) is 1. The van der Waals surface area contributed by atoms with E-state index in [4.69, 9.17) is 14.2 Å². The van der Waals surface area contributed by atoms with E-state index in [1.807, 2.05) is 55.5 Å². The Morgan fingerprint density at radius 2 is 1.71 bits per heavy atom. The normalized spacial score (nSPS) is 10.9. The van der Waals surface area contributed by atoms with Crippen LogP contribution in [-0.2, 0) is 11.4 Å². The molecule has 35 heavy (non-hydrogen) atoms. The molecular weight excluding hydrogens is 555 g/mol. The summed E-state index contributed by atoms with van der Waals surface area (Å²) in [5.74, 6) is 1.58. The lowest BCUT2D eigenvalue weighted by Crippen LogP contribution is -2.24. The van der Waals surface area contributed by atoms with E-state index in [1.54, 1.807) is 18.3 Å². The maximum atomic E-state index is 12.0. The van der Waals surface area contributed by atoms with Gasteiger partial charge in [0, 0.05) is 0 Å². The van der Waals surface area contributed by atoms with E-state index in [-0.39, 0.29) is 12.5 Å². The number of benzene rings is 4. The number of rotatable bonds is 10. The minimum absolute atomic E-state index is 0.121. The van der Waals surface area contributed by atoms with Gasteiger partial charge in [0.05, 0.1) is 16.4 Å². The molecule has 0 aliphatic heterocycles. The molecule has 6 nitrogen and oxygen atoms in total. The molecule has 0 aliphatic carbocycles. The van der Waals surface area contributed by atoms with Crippen molar-refractivity contribution in [2.45, 2.75) is 13.5 Å². The summed E-state index contributed by atoms with van der Waals surface area (Å²) in [6, 6.07) is 27.4. The highest BCUT2D eigenvalue weighted by molar-refractivity contribution is 14.1. The fourth-order valence-corrected chi connectivity index (χ4v) is 4.29. The molecule has 0 radical (unpaired) electrons. The van der Waals surface area contributed by atoms with Gasteiger partial charge in [0.1, 0.15) is 12.4 Å². The first-order valence-corrected chi connectivity index (χ1v) is 12.3. The van der Waals surface area contributed by atoms with E-state index in [1.165, 1.54) is 10.8 Å². The smallest absolute Gasteiger partial charge is 0.277 e. The molecule has 4 rings (SSSR count). The number of carbonyl (C=O) groups excluding carboxylic acids is 1.